The van der Waals surface area contributed by atoms with Crippen molar-refractivity contribution >= 4 is 36.9 Å². The molecule has 0 aromatic rings. The van der Waals surface area contributed by atoms with E-state index in [4.69, 9.17) is 4.18 Å². The number of halogens is 1. The van der Waals surface area contributed by atoms with Crippen LogP contribution in [-0.4, -0.2) is 30.7 Å². The number of rotatable bonds is 4. The van der Waals surface area contributed by atoms with Gasteiger partial charge in [-0.3, -0.25) is 4.18 Å². The predicted octanol–water partition coefficient (Wildman–Crippen LogP) is 0.0914. The average molecular weight is 250 g/mol. The average Bonchev–Trinajstić information content (AvgIpc) is 1.63. The van der Waals surface area contributed by atoms with Crippen LogP contribution in [0.4, 0.5) is 0 Å². The molecule has 64 valence electrons. The lowest BCUT2D eigenvalue weighted by Gasteiger charge is -2.00. The summed E-state index contributed by atoms with van der Waals surface area (Å²) in [6.45, 7) is 1.09. The van der Waals surface area contributed by atoms with Crippen molar-refractivity contribution in [2.24, 2.45) is 0 Å². The summed E-state index contributed by atoms with van der Waals surface area (Å²) < 4.78 is 15.4. The zero-order valence-electron chi connectivity index (χ0n) is 5.96. The van der Waals surface area contributed by atoms with Gasteiger partial charge in [0, 0.05) is 24.0 Å². The van der Waals surface area contributed by atoms with E-state index in [2.05, 4.69) is 16.5 Å². The Morgan fingerprint density at radius 1 is 1.70 bits per heavy atom. The summed E-state index contributed by atoms with van der Waals surface area (Å²) in [5, 5.41) is 2.84. The molecule has 0 aliphatic carbocycles. The molecule has 0 heterocycles. The summed E-state index contributed by atoms with van der Waals surface area (Å²) in [5.41, 5.74) is 0. The van der Waals surface area contributed by atoms with Gasteiger partial charge in [0.1, 0.15) is 8.77 Å². The minimum Gasteiger partial charge on any atom is -0.317 e. The van der Waals surface area contributed by atoms with Crippen molar-refractivity contribution in [2.75, 3.05) is 26.5 Å². The normalized spacial score (nSPS) is 15.4. The van der Waals surface area contributed by atoms with Crippen LogP contribution in [-0.2, 0) is 24.1 Å². The maximum absolute atomic E-state index is 10.6. The molecule has 0 amide bonds. The summed E-state index contributed by atoms with van der Waals surface area (Å²) >= 11 is 4.48. The zero-order chi connectivity index (χ0) is 7.33. The molecular weight excluding hydrogens is 238 g/mol. The molecule has 0 radical (unpaired) electrons. The van der Waals surface area contributed by atoms with Gasteiger partial charge in [-0.15, -0.1) is 17.0 Å². The molecule has 0 aliphatic rings. The molecule has 0 fully saturated rings. The standard InChI is InChI=1S/C4H11NO2S2.BrH/c1-5-3-4-7-9(2,6)8;/h5H,3-4H2,1-2H3;1H. The van der Waals surface area contributed by atoms with Crippen molar-refractivity contribution in [3.63, 3.8) is 0 Å². The summed E-state index contributed by atoms with van der Waals surface area (Å²) in [6.07, 6.45) is 1.40. The first-order chi connectivity index (χ1) is 4.06. The maximum Gasteiger partial charge on any atom is 0.141 e. The fraction of sp³-hybridized carbons (Fsp3) is 1.00. The second kappa shape index (κ2) is 6.48. The van der Waals surface area contributed by atoms with E-state index in [1.54, 1.807) is 7.05 Å². The van der Waals surface area contributed by atoms with Gasteiger partial charge in [0.05, 0.1) is 6.61 Å². The van der Waals surface area contributed by atoms with Crippen molar-refractivity contribution < 1.29 is 8.39 Å². The Hall–Kier alpha value is 0.770. The first-order valence-electron chi connectivity index (χ1n) is 2.55. The Morgan fingerprint density at radius 3 is 2.50 bits per heavy atom. The largest absolute Gasteiger partial charge is 0.317 e. The fourth-order valence-electron chi connectivity index (χ4n) is 0.295. The van der Waals surface area contributed by atoms with Crippen molar-refractivity contribution in [1.82, 2.24) is 5.32 Å². The van der Waals surface area contributed by atoms with Crippen LogP contribution < -0.4 is 5.32 Å². The van der Waals surface area contributed by atoms with E-state index in [0.717, 1.165) is 0 Å². The predicted molar refractivity (Wildman–Crippen MR) is 51.6 cm³/mol. The van der Waals surface area contributed by atoms with E-state index in [9.17, 15) is 4.21 Å². The van der Waals surface area contributed by atoms with Gasteiger partial charge in [-0.2, -0.15) is 0 Å². The van der Waals surface area contributed by atoms with Crippen molar-refractivity contribution in [2.45, 2.75) is 0 Å². The van der Waals surface area contributed by atoms with Gasteiger partial charge in [-0.1, -0.05) is 0 Å². The molecule has 0 bridgehead atoms. The SMILES string of the molecule is Br.CNCCOS(C)(=O)=S. The number of likely N-dealkylation sites (N-methyl/N-ethyl adjacent to an activating group) is 1. The minimum absolute atomic E-state index is 0. The number of hydrogen-bond donors (Lipinski definition) is 1. The zero-order valence-corrected chi connectivity index (χ0v) is 9.30. The molecule has 0 saturated heterocycles. The van der Waals surface area contributed by atoms with Crippen LogP contribution in [0.2, 0.25) is 0 Å². The second-order valence-electron chi connectivity index (χ2n) is 1.63. The molecule has 1 unspecified atom stereocenters. The Morgan fingerprint density at radius 2 is 2.20 bits per heavy atom. The summed E-state index contributed by atoms with van der Waals surface area (Å²) in [4.78, 5) is 0. The Bertz CT molecular complexity index is 157. The molecular formula is C4H12BrNO2S2. The Labute approximate surface area is 77.2 Å². The van der Waals surface area contributed by atoms with Crippen molar-refractivity contribution in [3.05, 3.63) is 0 Å². The Balaban J connectivity index is 0. The van der Waals surface area contributed by atoms with Crippen LogP contribution in [0.25, 0.3) is 0 Å². The molecule has 1 atom stereocenters. The molecule has 0 saturated carbocycles. The third-order valence-corrected chi connectivity index (χ3v) is 1.53. The lowest BCUT2D eigenvalue weighted by Crippen LogP contribution is -2.16. The van der Waals surface area contributed by atoms with Crippen LogP contribution in [0.3, 0.4) is 0 Å². The monoisotopic (exact) mass is 249 g/mol. The number of hydrogen-bond acceptors (Lipinski definition) is 4. The third-order valence-electron chi connectivity index (χ3n) is 0.649. The summed E-state index contributed by atoms with van der Waals surface area (Å²) in [6, 6.07) is 0. The fourth-order valence-corrected chi connectivity index (χ4v) is 0.885. The highest BCUT2D eigenvalue weighted by atomic mass is 79.9. The van der Waals surface area contributed by atoms with E-state index < -0.39 is 8.77 Å². The van der Waals surface area contributed by atoms with E-state index in [-0.39, 0.29) is 17.0 Å². The Kier molecular flexibility index (Phi) is 8.66. The van der Waals surface area contributed by atoms with Gasteiger partial charge in [-0.25, -0.2) is 4.21 Å². The van der Waals surface area contributed by atoms with Gasteiger partial charge >= 0.3 is 0 Å². The third kappa shape index (κ3) is 11.6. The highest BCUT2D eigenvalue weighted by Crippen LogP contribution is 1.84. The van der Waals surface area contributed by atoms with Crippen LogP contribution in [0, 0.1) is 0 Å². The number of nitrogens with one attached hydrogen (secondary N) is 1. The van der Waals surface area contributed by atoms with E-state index in [1.165, 1.54) is 6.26 Å². The first-order valence-corrected chi connectivity index (χ1v) is 5.37. The molecule has 1 N–H and O–H groups in total. The highest BCUT2D eigenvalue weighted by Gasteiger charge is 1.93. The van der Waals surface area contributed by atoms with Crippen molar-refractivity contribution in [1.29, 1.82) is 0 Å². The first kappa shape index (κ1) is 13.4. The highest BCUT2D eigenvalue weighted by molar-refractivity contribution is 8.93. The van der Waals surface area contributed by atoms with Crippen LogP contribution in [0.1, 0.15) is 0 Å². The summed E-state index contributed by atoms with van der Waals surface area (Å²) in [7, 11) is -0.607. The van der Waals surface area contributed by atoms with Crippen molar-refractivity contribution in [3.8, 4) is 0 Å². The van der Waals surface area contributed by atoms with Gasteiger partial charge in [0.2, 0.25) is 0 Å². The van der Waals surface area contributed by atoms with E-state index >= 15 is 0 Å². The molecule has 0 aromatic heterocycles. The van der Waals surface area contributed by atoms with Crippen LogP contribution in [0.15, 0.2) is 0 Å². The molecule has 6 heteroatoms. The molecule has 0 aromatic carbocycles. The lowest BCUT2D eigenvalue weighted by atomic mass is 10.7. The summed E-state index contributed by atoms with van der Waals surface area (Å²) in [5.74, 6) is 0. The topological polar surface area (TPSA) is 38.3 Å². The molecule has 0 spiro atoms. The van der Waals surface area contributed by atoms with E-state index in [0.29, 0.717) is 13.2 Å². The maximum atomic E-state index is 10.6. The van der Waals surface area contributed by atoms with Crippen LogP contribution in [0.5, 0.6) is 0 Å². The van der Waals surface area contributed by atoms with E-state index in [1.807, 2.05) is 0 Å². The smallest absolute Gasteiger partial charge is 0.141 e. The molecule has 0 rings (SSSR count). The van der Waals surface area contributed by atoms with Gasteiger partial charge in [0.25, 0.3) is 0 Å². The van der Waals surface area contributed by atoms with Crippen LogP contribution >= 0.6 is 17.0 Å². The van der Waals surface area contributed by atoms with Gasteiger partial charge < -0.3 is 5.32 Å². The molecule has 3 nitrogen and oxygen atoms in total. The lowest BCUT2D eigenvalue weighted by molar-refractivity contribution is 0.349. The van der Waals surface area contributed by atoms with Gasteiger partial charge in [-0.05, 0) is 7.05 Å². The van der Waals surface area contributed by atoms with Gasteiger partial charge in [0.15, 0.2) is 0 Å². The second-order valence-corrected chi connectivity index (χ2v) is 5.09. The molecule has 0 aliphatic heterocycles. The minimum atomic E-state index is -2.40. The molecule has 10 heavy (non-hydrogen) atoms. The quantitative estimate of drug-likeness (QED) is 0.718.